The molecule has 0 aromatic carbocycles. The minimum absolute atomic E-state index is 0.517. The fraction of sp³-hybridized carbons (Fsp3) is 1.00. The summed E-state index contributed by atoms with van der Waals surface area (Å²) >= 11 is 0. The van der Waals surface area contributed by atoms with Gasteiger partial charge in [0, 0.05) is 6.54 Å². The van der Waals surface area contributed by atoms with Crippen LogP contribution in [0.3, 0.4) is 0 Å². The van der Waals surface area contributed by atoms with Gasteiger partial charge in [-0.3, -0.25) is 0 Å². The zero-order chi connectivity index (χ0) is 12.1. The number of rotatable bonds is 6. The standard InChI is InChI=1S/C15H30N2/c1-15(2,14-6-3-7-14)12-17-10-8-13-5-4-9-16-11-13/h13-14,16-17H,3-12H2,1-2H3. The van der Waals surface area contributed by atoms with E-state index in [0.717, 1.165) is 11.8 Å². The molecule has 0 aromatic heterocycles. The van der Waals surface area contributed by atoms with Gasteiger partial charge in [-0.2, -0.15) is 0 Å². The molecular formula is C15H30N2. The molecule has 17 heavy (non-hydrogen) atoms. The Hall–Kier alpha value is -0.0800. The SMILES string of the molecule is CC(C)(CNCCC1CCCNC1)C1CCC1. The van der Waals surface area contributed by atoms with Crippen molar-refractivity contribution >= 4 is 0 Å². The number of hydrogen-bond acceptors (Lipinski definition) is 2. The van der Waals surface area contributed by atoms with E-state index in [1.807, 2.05) is 0 Å². The lowest BCUT2D eigenvalue weighted by Gasteiger charge is -2.40. The predicted molar refractivity (Wildman–Crippen MR) is 74.2 cm³/mol. The second-order valence-electron chi connectivity index (χ2n) is 6.79. The number of hydrogen-bond donors (Lipinski definition) is 2. The van der Waals surface area contributed by atoms with E-state index in [1.165, 1.54) is 64.7 Å². The third-order valence-corrected chi connectivity index (χ3v) is 4.92. The average Bonchev–Trinajstić information content (AvgIpc) is 2.23. The van der Waals surface area contributed by atoms with Crippen LogP contribution in [0, 0.1) is 17.3 Å². The van der Waals surface area contributed by atoms with Crippen molar-refractivity contribution in [3.63, 3.8) is 0 Å². The van der Waals surface area contributed by atoms with Crippen LogP contribution in [0.5, 0.6) is 0 Å². The fourth-order valence-corrected chi connectivity index (χ4v) is 3.22. The molecule has 2 rings (SSSR count). The van der Waals surface area contributed by atoms with Crippen LogP contribution in [0.15, 0.2) is 0 Å². The highest BCUT2D eigenvalue weighted by molar-refractivity contribution is 4.86. The van der Waals surface area contributed by atoms with Gasteiger partial charge in [0.15, 0.2) is 0 Å². The van der Waals surface area contributed by atoms with E-state index in [-0.39, 0.29) is 0 Å². The first kappa shape index (κ1) is 13.4. The van der Waals surface area contributed by atoms with Crippen LogP contribution >= 0.6 is 0 Å². The molecule has 1 atom stereocenters. The van der Waals surface area contributed by atoms with E-state index in [9.17, 15) is 0 Å². The molecule has 2 heteroatoms. The number of nitrogens with one attached hydrogen (secondary N) is 2. The Morgan fingerprint density at radius 3 is 2.59 bits per heavy atom. The maximum Gasteiger partial charge on any atom is 0.000517 e. The highest BCUT2D eigenvalue weighted by Gasteiger charge is 2.33. The Labute approximate surface area is 107 Å². The zero-order valence-corrected chi connectivity index (χ0v) is 11.7. The van der Waals surface area contributed by atoms with Crippen LogP contribution in [0.25, 0.3) is 0 Å². The third kappa shape index (κ3) is 3.96. The minimum atomic E-state index is 0.517. The quantitative estimate of drug-likeness (QED) is 0.695. The summed E-state index contributed by atoms with van der Waals surface area (Å²) < 4.78 is 0. The van der Waals surface area contributed by atoms with Crippen LogP contribution in [0.2, 0.25) is 0 Å². The van der Waals surface area contributed by atoms with Crippen molar-refractivity contribution < 1.29 is 0 Å². The van der Waals surface area contributed by atoms with E-state index in [0.29, 0.717) is 5.41 Å². The first-order valence-electron chi connectivity index (χ1n) is 7.60. The van der Waals surface area contributed by atoms with Crippen molar-refractivity contribution in [3.8, 4) is 0 Å². The molecule has 1 aliphatic heterocycles. The van der Waals surface area contributed by atoms with Crippen molar-refractivity contribution in [2.24, 2.45) is 17.3 Å². The Kier molecular flexibility index (Phi) is 4.87. The summed E-state index contributed by atoms with van der Waals surface area (Å²) in [6.07, 6.45) is 8.54. The molecule has 2 N–H and O–H groups in total. The summed E-state index contributed by atoms with van der Waals surface area (Å²) in [5.41, 5.74) is 0.517. The maximum absolute atomic E-state index is 3.69. The predicted octanol–water partition coefficient (Wildman–Crippen LogP) is 2.79. The first-order chi connectivity index (χ1) is 8.18. The summed E-state index contributed by atoms with van der Waals surface area (Å²) in [6.45, 7) is 9.77. The van der Waals surface area contributed by atoms with Gasteiger partial charge < -0.3 is 10.6 Å². The maximum atomic E-state index is 3.69. The highest BCUT2D eigenvalue weighted by atomic mass is 14.9. The van der Waals surface area contributed by atoms with E-state index >= 15 is 0 Å². The van der Waals surface area contributed by atoms with Crippen molar-refractivity contribution in [2.75, 3.05) is 26.2 Å². The Bertz CT molecular complexity index is 215. The van der Waals surface area contributed by atoms with Gasteiger partial charge in [-0.25, -0.2) is 0 Å². The van der Waals surface area contributed by atoms with Crippen LogP contribution in [0.1, 0.15) is 52.4 Å². The smallest absolute Gasteiger partial charge is 0.000517 e. The largest absolute Gasteiger partial charge is 0.316 e. The molecule has 0 bridgehead atoms. The van der Waals surface area contributed by atoms with E-state index < -0.39 is 0 Å². The van der Waals surface area contributed by atoms with Crippen LogP contribution in [-0.2, 0) is 0 Å². The first-order valence-corrected chi connectivity index (χ1v) is 7.60. The molecule has 1 aliphatic carbocycles. The molecule has 1 saturated heterocycles. The van der Waals surface area contributed by atoms with Gasteiger partial charge in [-0.05, 0) is 69.0 Å². The molecule has 1 heterocycles. The molecule has 0 spiro atoms. The van der Waals surface area contributed by atoms with Gasteiger partial charge in [-0.15, -0.1) is 0 Å². The van der Waals surface area contributed by atoms with Crippen LogP contribution < -0.4 is 10.6 Å². The monoisotopic (exact) mass is 238 g/mol. The molecule has 2 fully saturated rings. The van der Waals surface area contributed by atoms with Crippen LogP contribution in [0.4, 0.5) is 0 Å². The van der Waals surface area contributed by atoms with E-state index in [1.54, 1.807) is 0 Å². The summed E-state index contributed by atoms with van der Waals surface area (Å²) in [4.78, 5) is 0. The fourth-order valence-electron chi connectivity index (χ4n) is 3.22. The van der Waals surface area contributed by atoms with Crippen molar-refractivity contribution in [2.45, 2.75) is 52.4 Å². The van der Waals surface area contributed by atoms with Gasteiger partial charge in [-0.1, -0.05) is 20.3 Å². The van der Waals surface area contributed by atoms with Gasteiger partial charge in [0.25, 0.3) is 0 Å². The molecule has 1 unspecified atom stereocenters. The summed E-state index contributed by atoms with van der Waals surface area (Å²) in [7, 11) is 0. The van der Waals surface area contributed by atoms with Gasteiger partial charge in [0.2, 0.25) is 0 Å². The van der Waals surface area contributed by atoms with E-state index in [4.69, 9.17) is 0 Å². The Morgan fingerprint density at radius 1 is 1.18 bits per heavy atom. The molecular weight excluding hydrogens is 208 g/mol. The zero-order valence-electron chi connectivity index (χ0n) is 11.7. The van der Waals surface area contributed by atoms with Crippen molar-refractivity contribution in [3.05, 3.63) is 0 Å². The lowest BCUT2D eigenvalue weighted by molar-refractivity contribution is 0.118. The van der Waals surface area contributed by atoms with Gasteiger partial charge in [0.05, 0.1) is 0 Å². The number of piperidine rings is 1. The van der Waals surface area contributed by atoms with Crippen molar-refractivity contribution in [1.29, 1.82) is 0 Å². The molecule has 0 aromatic rings. The summed E-state index contributed by atoms with van der Waals surface area (Å²) in [5.74, 6) is 1.90. The molecule has 2 nitrogen and oxygen atoms in total. The Balaban J connectivity index is 1.55. The lowest BCUT2D eigenvalue weighted by Crippen LogP contribution is -2.40. The molecule has 2 aliphatic rings. The second-order valence-corrected chi connectivity index (χ2v) is 6.79. The molecule has 0 amide bonds. The highest BCUT2D eigenvalue weighted by Crippen LogP contribution is 2.41. The van der Waals surface area contributed by atoms with Crippen molar-refractivity contribution in [1.82, 2.24) is 10.6 Å². The molecule has 0 radical (unpaired) electrons. The Morgan fingerprint density at radius 2 is 2.00 bits per heavy atom. The topological polar surface area (TPSA) is 24.1 Å². The van der Waals surface area contributed by atoms with E-state index in [2.05, 4.69) is 24.5 Å². The molecule has 1 saturated carbocycles. The lowest BCUT2D eigenvalue weighted by atomic mass is 9.67. The summed E-state index contributed by atoms with van der Waals surface area (Å²) in [6, 6.07) is 0. The second kappa shape index (κ2) is 6.19. The summed E-state index contributed by atoms with van der Waals surface area (Å²) in [5, 5.41) is 7.19. The average molecular weight is 238 g/mol. The van der Waals surface area contributed by atoms with Crippen LogP contribution in [-0.4, -0.2) is 26.2 Å². The van der Waals surface area contributed by atoms with Gasteiger partial charge >= 0.3 is 0 Å². The third-order valence-electron chi connectivity index (χ3n) is 4.92. The normalized spacial score (nSPS) is 26.8. The minimum Gasteiger partial charge on any atom is -0.316 e. The molecule has 100 valence electrons. The van der Waals surface area contributed by atoms with Gasteiger partial charge in [0.1, 0.15) is 0 Å².